The van der Waals surface area contributed by atoms with E-state index in [1.54, 1.807) is 6.07 Å². The number of aryl methyl sites for hydroxylation is 1. The summed E-state index contributed by atoms with van der Waals surface area (Å²) in [4.78, 5) is 34.3. The number of fused-ring (bicyclic) bond motifs is 1. The first kappa shape index (κ1) is 12.6. The third-order valence-electron chi connectivity index (χ3n) is 3.85. The summed E-state index contributed by atoms with van der Waals surface area (Å²) < 4.78 is 1.87. The number of nitrogens with zero attached hydrogens (tertiary/aromatic N) is 1. The maximum atomic E-state index is 12.0. The number of hydrogen-bond acceptors (Lipinski definition) is 3. The molecule has 5 heteroatoms. The average Bonchev–Trinajstić information content (AvgIpc) is 2.76. The van der Waals surface area contributed by atoms with Crippen molar-refractivity contribution in [3.8, 4) is 0 Å². The molecule has 1 fully saturated rings. The number of carbonyl (C=O) groups excluding carboxylic acids is 3. The number of imide groups is 1. The maximum Gasteiger partial charge on any atom is 0.235 e. The van der Waals surface area contributed by atoms with Gasteiger partial charge in [-0.2, -0.15) is 0 Å². The zero-order valence-electron chi connectivity index (χ0n) is 11.1. The highest BCUT2D eigenvalue weighted by Crippen LogP contribution is 2.30. The molecule has 5 nitrogen and oxygen atoms in total. The van der Waals surface area contributed by atoms with Crippen molar-refractivity contribution in [3.63, 3.8) is 0 Å². The first-order chi connectivity index (χ1) is 9.61. The predicted molar refractivity (Wildman–Crippen MR) is 73.4 cm³/mol. The Kier molecular flexibility index (Phi) is 2.89. The molecule has 0 saturated carbocycles. The molecule has 1 atom stereocenters. The first-order valence-corrected chi connectivity index (χ1v) is 6.49. The Morgan fingerprint density at radius 3 is 2.85 bits per heavy atom. The van der Waals surface area contributed by atoms with Crippen LogP contribution in [0.15, 0.2) is 24.3 Å². The number of para-hydroxylation sites is 1. The molecule has 1 saturated heterocycles. The van der Waals surface area contributed by atoms with Gasteiger partial charge in [-0.05, 0) is 18.6 Å². The Labute approximate surface area is 115 Å². The minimum atomic E-state index is -0.343. The second kappa shape index (κ2) is 4.59. The molecule has 1 N–H and O–H groups in total. The molecule has 0 bridgehead atoms. The number of benzene rings is 1. The number of nitrogens with one attached hydrogen (secondary N) is 1. The Balaban J connectivity index is 2.13. The summed E-state index contributed by atoms with van der Waals surface area (Å²) >= 11 is 0. The zero-order chi connectivity index (χ0) is 14.3. The minimum absolute atomic E-state index is 0.224. The van der Waals surface area contributed by atoms with Gasteiger partial charge in [0.2, 0.25) is 11.8 Å². The van der Waals surface area contributed by atoms with E-state index in [2.05, 4.69) is 5.32 Å². The summed E-state index contributed by atoms with van der Waals surface area (Å²) in [6.45, 7) is 0. The van der Waals surface area contributed by atoms with Gasteiger partial charge in [-0.25, -0.2) is 0 Å². The summed E-state index contributed by atoms with van der Waals surface area (Å²) in [5.74, 6) is -0.831. The third kappa shape index (κ3) is 1.82. The zero-order valence-corrected chi connectivity index (χ0v) is 11.1. The third-order valence-corrected chi connectivity index (χ3v) is 3.85. The molecule has 1 aliphatic heterocycles. The number of amides is 2. The van der Waals surface area contributed by atoms with Gasteiger partial charge in [0.25, 0.3) is 0 Å². The van der Waals surface area contributed by atoms with Crippen molar-refractivity contribution in [1.29, 1.82) is 0 Å². The molecule has 1 unspecified atom stereocenters. The van der Waals surface area contributed by atoms with Crippen molar-refractivity contribution in [2.45, 2.75) is 18.8 Å². The monoisotopic (exact) mass is 270 g/mol. The van der Waals surface area contributed by atoms with Crippen molar-refractivity contribution >= 4 is 29.0 Å². The highest BCUT2D eigenvalue weighted by Gasteiger charge is 2.30. The fraction of sp³-hybridized carbons (Fsp3) is 0.267. The fourth-order valence-electron chi connectivity index (χ4n) is 2.87. The molecule has 1 aromatic carbocycles. The summed E-state index contributed by atoms with van der Waals surface area (Å²) in [7, 11) is 1.84. The second-order valence-corrected chi connectivity index (χ2v) is 5.03. The van der Waals surface area contributed by atoms with Crippen molar-refractivity contribution in [3.05, 3.63) is 35.5 Å². The van der Waals surface area contributed by atoms with Crippen molar-refractivity contribution in [2.75, 3.05) is 0 Å². The van der Waals surface area contributed by atoms with Crippen LogP contribution >= 0.6 is 0 Å². The number of rotatable bonds is 2. The van der Waals surface area contributed by atoms with Gasteiger partial charge in [0.1, 0.15) is 0 Å². The van der Waals surface area contributed by atoms with Crippen molar-refractivity contribution in [1.82, 2.24) is 9.88 Å². The molecular formula is C15H14N2O3. The normalized spacial score (nSPS) is 19.1. The van der Waals surface area contributed by atoms with E-state index in [0.717, 1.165) is 22.9 Å². The van der Waals surface area contributed by atoms with Gasteiger partial charge in [0.15, 0.2) is 6.29 Å². The van der Waals surface area contributed by atoms with E-state index in [-0.39, 0.29) is 17.7 Å². The highest BCUT2D eigenvalue weighted by molar-refractivity contribution is 6.02. The Bertz CT molecular complexity index is 730. The molecule has 1 aliphatic rings. The summed E-state index contributed by atoms with van der Waals surface area (Å²) in [6.07, 6.45) is 1.67. The lowest BCUT2D eigenvalue weighted by atomic mass is 9.94. The summed E-state index contributed by atoms with van der Waals surface area (Å²) in [6, 6.07) is 7.41. The second-order valence-electron chi connectivity index (χ2n) is 5.03. The number of aldehydes is 1. The lowest BCUT2D eigenvalue weighted by Crippen LogP contribution is -2.40. The van der Waals surface area contributed by atoms with Crippen molar-refractivity contribution in [2.24, 2.45) is 7.05 Å². The average molecular weight is 270 g/mol. The van der Waals surface area contributed by atoms with Gasteiger partial charge in [0.05, 0.1) is 11.4 Å². The number of carbonyl (C=O) groups is 3. The molecule has 20 heavy (non-hydrogen) atoms. The van der Waals surface area contributed by atoms with Crippen LogP contribution in [0.3, 0.4) is 0 Å². The largest absolute Gasteiger partial charge is 0.346 e. The molecule has 0 spiro atoms. The van der Waals surface area contributed by atoms with Gasteiger partial charge in [0, 0.05) is 30.1 Å². The van der Waals surface area contributed by atoms with Crippen LogP contribution in [0, 0.1) is 0 Å². The molecule has 2 heterocycles. The van der Waals surface area contributed by atoms with Gasteiger partial charge in [-0.1, -0.05) is 12.1 Å². The summed E-state index contributed by atoms with van der Waals surface area (Å²) in [5.41, 5.74) is 2.25. The Morgan fingerprint density at radius 2 is 2.15 bits per heavy atom. The van der Waals surface area contributed by atoms with E-state index in [0.29, 0.717) is 18.4 Å². The predicted octanol–water partition coefficient (Wildman–Crippen LogP) is 1.51. The van der Waals surface area contributed by atoms with Gasteiger partial charge >= 0.3 is 0 Å². The lowest BCUT2D eigenvalue weighted by molar-refractivity contribution is -0.134. The molecule has 2 amide bonds. The maximum absolute atomic E-state index is 12.0. The van der Waals surface area contributed by atoms with Crippen LogP contribution in [0.2, 0.25) is 0 Å². The van der Waals surface area contributed by atoms with E-state index in [4.69, 9.17) is 0 Å². The molecular weight excluding hydrogens is 256 g/mol. The SMILES string of the molecule is Cn1c(C2CCC(=O)NC2=O)cc2cccc(C=O)c21. The molecule has 3 rings (SSSR count). The van der Waals surface area contributed by atoms with Gasteiger partial charge in [-0.3, -0.25) is 19.7 Å². The minimum Gasteiger partial charge on any atom is -0.346 e. The highest BCUT2D eigenvalue weighted by atomic mass is 16.2. The molecule has 1 aromatic heterocycles. The van der Waals surface area contributed by atoms with Gasteiger partial charge < -0.3 is 4.57 Å². The molecule has 2 aromatic rings. The Hall–Kier alpha value is -2.43. The van der Waals surface area contributed by atoms with Gasteiger partial charge in [-0.15, -0.1) is 0 Å². The van der Waals surface area contributed by atoms with E-state index in [1.165, 1.54) is 0 Å². The first-order valence-electron chi connectivity index (χ1n) is 6.49. The number of piperidine rings is 1. The lowest BCUT2D eigenvalue weighted by Gasteiger charge is -2.21. The van der Waals surface area contributed by atoms with E-state index in [1.807, 2.05) is 29.8 Å². The molecule has 102 valence electrons. The van der Waals surface area contributed by atoms with E-state index in [9.17, 15) is 14.4 Å². The smallest absolute Gasteiger partial charge is 0.235 e. The van der Waals surface area contributed by atoms with Crippen LogP contribution in [0.4, 0.5) is 0 Å². The van der Waals surface area contributed by atoms with Crippen molar-refractivity contribution < 1.29 is 14.4 Å². The van der Waals surface area contributed by atoms with Crippen LogP contribution in [-0.4, -0.2) is 22.7 Å². The topological polar surface area (TPSA) is 68.2 Å². The summed E-state index contributed by atoms with van der Waals surface area (Å²) in [5, 5.41) is 3.29. The van der Waals surface area contributed by atoms with Crippen LogP contribution in [-0.2, 0) is 16.6 Å². The Morgan fingerprint density at radius 1 is 1.35 bits per heavy atom. The number of hydrogen-bond donors (Lipinski definition) is 1. The molecule has 0 aliphatic carbocycles. The fourth-order valence-corrected chi connectivity index (χ4v) is 2.87. The van der Waals surface area contributed by atoms with Crippen LogP contribution in [0.1, 0.15) is 34.8 Å². The van der Waals surface area contributed by atoms with E-state index < -0.39 is 0 Å². The van der Waals surface area contributed by atoms with E-state index >= 15 is 0 Å². The van der Waals surface area contributed by atoms with Crippen LogP contribution < -0.4 is 5.32 Å². The standard InChI is InChI=1S/C15H14N2O3/c1-17-12(11-5-6-13(19)16-15(11)20)7-9-3-2-4-10(8-18)14(9)17/h2-4,7-8,11H,5-6H2,1H3,(H,16,19,20). The quantitative estimate of drug-likeness (QED) is 0.664. The molecule has 0 radical (unpaired) electrons. The van der Waals surface area contributed by atoms with Crippen LogP contribution in [0.5, 0.6) is 0 Å². The van der Waals surface area contributed by atoms with Crippen LogP contribution in [0.25, 0.3) is 10.9 Å². The number of aromatic nitrogens is 1.